The molecule has 0 bridgehead atoms. The van der Waals surface area contributed by atoms with Gasteiger partial charge in [-0.25, -0.2) is 4.79 Å². The molecular weight excluding hydrogens is 513 g/mol. The second-order valence-corrected chi connectivity index (χ2v) is 8.07. The van der Waals surface area contributed by atoms with Crippen molar-refractivity contribution in [2.75, 3.05) is 6.61 Å². The number of halogens is 8. The van der Waals surface area contributed by atoms with Gasteiger partial charge in [0, 0.05) is 22.0 Å². The molecule has 2 aromatic carbocycles. The van der Waals surface area contributed by atoms with E-state index in [1.54, 1.807) is 0 Å². The number of esters is 1. The number of rotatable bonds is 4. The molecule has 0 amide bonds. The van der Waals surface area contributed by atoms with E-state index in [2.05, 4.69) is 4.74 Å². The summed E-state index contributed by atoms with van der Waals surface area (Å²) in [5.41, 5.74) is -5.06. The van der Waals surface area contributed by atoms with Crippen LogP contribution in [0.25, 0.3) is 0 Å². The van der Waals surface area contributed by atoms with Crippen molar-refractivity contribution in [3.8, 4) is 0 Å². The standard InChI is InChI=1S/C22H16Cl2F6O4/c1-2-32-18(31)11-17-12-19(21(25,26)27,13-3-7-15(23)8-4-13)34-20(33-17,22(28,29)30)14-5-9-16(24)10-6-14/h3-11H,2,12H2,1H3/b17-11+/t19-,20-/m1/s1. The fraction of sp³-hybridized carbons (Fsp3) is 0.318. The normalized spacial score (nSPS) is 24.6. The second-order valence-electron chi connectivity index (χ2n) is 7.20. The summed E-state index contributed by atoms with van der Waals surface area (Å²) in [5, 5.41) is 0.0779. The van der Waals surface area contributed by atoms with Gasteiger partial charge in [0.15, 0.2) is 0 Å². The van der Waals surface area contributed by atoms with Crippen molar-refractivity contribution < 1.29 is 45.3 Å². The molecule has 1 fully saturated rings. The second kappa shape index (κ2) is 9.31. The number of benzene rings is 2. The average molecular weight is 529 g/mol. The predicted molar refractivity (Wildman–Crippen MR) is 110 cm³/mol. The third kappa shape index (κ3) is 4.85. The van der Waals surface area contributed by atoms with Crippen molar-refractivity contribution in [1.82, 2.24) is 0 Å². The quantitative estimate of drug-likeness (QED) is 0.242. The molecule has 1 aliphatic rings. The molecule has 3 rings (SSSR count). The molecule has 12 heteroatoms. The van der Waals surface area contributed by atoms with Crippen molar-refractivity contribution in [1.29, 1.82) is 0 Å². The van der Waals surface area contributed by atoms with E-state index >= 15 is 0 Å². The van der Waals surface area contributed by atoms with Gasteiger partial charge >= 0.3 is 24.1 Å². The van der Waals surface area contributed by atoms with Crippen LogP contribution in [0, 0.1) is 0 Å². The highest BCUT2D eigenvalue weighted by atomic mass is 35.5. The number of ether oxygens (including phenoxy) is 3. The van der Waals surface area contributed by atoms with Crippen molar-refractivity contribution in [2.24, 2.45) is 0 Å². The molecule has 4 nitrogen and oxygen atoms in total. The van der Waals surface area contributed by atoms with Gasteiger partial charge in [-0.05, 0) is 36.8 Å². The Morgan fingerprint density at radius 1 is 0.941 bits per heavy atom. The lowest BCUT2D eigenvalue weighted by Crippen LogP contribution is -2.60. The van der Waals surface area contributed by atoms with Gasteiger partial charge in [0.05, 0.1) is 12.7 Å². The van der Waals surface area contributed by atoms with Crippen LogP contribution in [0.2, 0.25) is 10.0 Å². The summed E-state index contributed by atoms with van der Waals surface area (Å²) in [6.07, 6.45) is -11.7. The maximum Gasteiger partial charge on any atom is 0.460 e. The monoisotopic (exact) mass is 528 g/mol. The largest absolute Gasteiger partial charge is 0.463 e. The SMILES string of the molecule is CCOC(=O)/C=C1\C[C@@](c2ccc(Cl)cc2)(C(F)(F)F)O[C@](c2ccc(Cl)cc2)(C(F)(F)F)O1. The summed E-state index contributed by atoms with van der Waals surface area (Å²) in [6, 6.07) is 7.68. The highest BCUT2D eigenvalue weighted by molar-refractivity contribution is 6.30. The third-order valence-electron chi connectivity index (χ3n) is 4.95. The minimum atomic E-state index is -5.53. The van der Waals surface area contributed by atoms with Crippen LogP contribution in [-0.4, -0.2) is 24.9 Å². The van der Waals surface area contributed by atoms with E-state index < -0.39 is 53.0 Å². The van der Waals surface area contributed by atoms with Crippen molar-refractivity contribution in [2.45, 2.75) is 37.1 Å². The van der Waals surface area contributed by atoms with Crippen LogP contribution >= 0.6 is 23.2 Å². The van der Waals surface area contributed by atoms with Crippen LogP contribution in [0.15, 0.2) is 60.4 Å². The maximum atomic E-state index is 14.6. The maximum absolute atomic E-state index is 14.6. The van der Waals surface area contributed by atoms with Gasteiger partial charge in [-0.1, -0.05) is 47.5 Å². The molecule has 0 radical (unpaired) electrons. The topological polar surface area (TPSA) is 44.8 Å². The molecule has 1 aliphatic heterocycles. The van der Waals surface area contributed by atoms with E-state index in [9.17, 15) is 31.1 Å². The summed E-state index contributed by atoms with van der Waals surface area (Å²) in [7, 11) is 0. The number of carbonyl (C=O) groups is 1. The van der Waals surface area contributed by atoms with E-state index in [1.165, 1.54) is 6.92 Å². The summed E-state index contributed by atoms with van der Waals surface area (Å²) in [4.78, 5) is 12.0. The molecule has 0 unspecified atom stereocenters. The highest BCUT2D eigenvalue weighted by Gasteiger charge is 2.72. The van der Waals surface area contributed by atoms with E-state index in [4.69, 9.17) is 32.7 Å². The molecule has 0 spiro atoms. The number of carbonyl (C=O) groups excluding carboxylic acids is 1. The lowest BCUT2D eigenvalue weighted by Gasteiger charge is -2.49. The first-order valence-corrected chi connectivity index (χ1v) is 10.4. The van der Waals surface area contributed by atoms with Gasteiger partial charge in [-0.3, -0.25) is 0 Å². The summed E-state index contributed by atoms with van der Waals surface area (Å²) >= 11 is 11.5. The lowest BCUT2D eigenvalue weighted by atomic mass is 9.85. The molecule has 1 saturated heterocycles. The van der Waals surface area contributed by atoms with Gasteiger partial charge < -0.3 is 14.2 Å². The van der Waals surface area contributed by atoms with Gasteiger partial charge in [0.25, 0.3) is 0 Å². The van der Waals surface area contributed by atoms with E-state index in [-0.39, 0.29) is 16.7 Å². The van der Waals surface area contributed by atoms with Gasteiger partial charge in [0.2, 0.25) is 5.60 Å². The third-order valence-corrected chi connectivity index (χ3v) is 5.45. The Kier molecular flexibility index (Phi) is 7.17. The van der Waals surface area contributed by atoms with Crippen molar-refractivity contribution >= 4 is 29.2 Å². The highest BCUT2D eigenvalue weighted by Crippen LogP contribution is 2.59. The Bertz CT molecular complexity index is 993. The van der Waals surface area contributed by atoms with Crippen LogP contribution in [0.1, 0.15) is 24.5 Å². The fourth-order valence-corrected chi connectivity index (χ4v) is 3.68. The molecule has 34 heavy (non-hydrogen) atoms. The van der Waals surface area contributed by atoms with Crippen molar-refractivity contribution in [3.05, 3.63) is 81.5 Å². The molecule has 0 saturated carbocycles. The number of alkyl halides is 6. The summed E-state index contributed by atoms with van der Waals surface area (Å²) in [6.45, 7) is 1.25. The van der Waals surface area contributed by atoms with E-state index in [0.717, 1.165) is 48.5 Å². The minimum absolute atomic E-state index is 0.0268. The molecule has 2 aromatic rings. The Balaban J connectivity index is 2.34. The molecule has 0 aliphatic carbocycles. The van der Waals surface area contributed by atoms with Crippen LogP contribution in [-0.2, 0) is 30.4 Å². The van der Waals surface area contributed by atoms with E-state index in [1.807, 2.05) is 0 Å². The zero-order valence-corrected chi connectivity index (χ0v) is 18.8. The smallest absolute Gasteiger partial charge is 0.460 e. The lowest BCUT2D eigenvalue weighted by molar-refractivity contribution is -0.461. The van der Waals surface area contributed by atoms with Crippen molar-refractivity contribution in [3.63, 3.8) is 0 Å². The van der Waals surface area contributed by atoms with Gasteiger partial charge in [0.1, 0.15) is 5.76 Å². The van der Waals surface area contributed by atoms with E-state index in [0.29, 0.717) is 6.08 Å². The molecule has 1 heterocycles. The zero-order chi connectivity index (χ0) is 25.4. The molecule has 184 valence electrons. The van der Waals surface area contributed by atoms with Gasteiger partial charge in [-0.15, -0.1) is 0 Å². The predicted octanol–water partition coefficient (Wildman–Crippen LogP) is 7.05. The first-order valence-electron chi connectivity index (χ1n) is 9.66. The van der Waals surface area contributed by atoms with Crippen LogP contribution in [0.5, 0.6) is 0 Å². The van der Waals surface area contributed by atoms with Gasteiger partial charge in [-0.2, -0.15) is 26.3 Å². The Morgan fingerprint density at radius 3 is 1.88 bits per heavy atom. The summed E-state index contributed by atoms with van der Waals surface area (Å²) < 4.78 is 102. The molecule has 2 atom stereocenters. The Morgan fingerprint density at radius 2 is 1.44 bits per heavy atom. The molecule has 0 N–H and O–H groups in total. The zero-order valence-electron chi connectivity index (χ0n) is 17.3. The first kappa shape index (κ1) is 26.2. The Hall–Kier alpha value is -2.43. The number of hydrogen-bond acceptors (Lipinski definition) is 4. The average Bonchev–Trinajstić information content (AvgIpc) is 2.73. The summed E-state index contributed by atoms with van der Waals surface area (Å²) in [5.74, 6) is -6.06. The minimum Gasteiger partial charge on any atom is -0.463 e. The fourth-order valence-electron chi connectivity index (χ4n) is 3.43. The first-order chi connectivity index (χ1) is 15.7. The van der Waals surface area contributed by atoms with Crippen LogP contribution in [0.3, 0.4) is 0 Å². The Labute approximate surface area is 200 Å². The molecular formula is C22H16Cl2F6O4. The van der Waals surface area contributed by atoms with Crippen LogP contribution < -0.4 is 0 Å². The number of hydrogen-bond donors (Lipinski definition) is 0. The van der Waals surface area contributed by atoms with Crippen LogP contribution in [0.4, 0.5) is 26.3 Å². The molecule has 0 aromatic heterocycles.